The van der Waals surface area contributed by atoms with E-state index in [1.54, 1.807) is 7.11 Å². The fourth-order valence-corrected chi connectivity index (χ4v) is 2.42. The highest BCUT2D eigenvalue weighted by Crippen LogP contribution is 2.27. The van der Waals surface area contributed by atoms with E-state index in [4.69, 9.17) is 16.3 Å². The zero-order valence-electron chi connectivity index (χ0n) is 9.29. The van der Waals surface area contributed by atoms with Gasteiger partial charge >= 0.3 is 0 Å². The lowest BCUT2D eigenvalue weighted by Crippen LogP contribution is -2.20. The molecule has 0 radical (unpaired) electrons. The van der Waals surface area contributed by atoms with Gasteiger partial charge in [-0.15, -0.1) is 0 Å². The van der Waals surface area contributed by atoms with E-state index in [-0.39, 0.29) is 0 Å². The minimum atomic E-state index is 0.688. The molecule has 1 aromatic heterocycles. The van der Waals surface area contributed by atoms with E-state index in [1.165, 1.54) is 12.1 Å². The lowest BCUT2D eigenvalue weighted by Gasteiger charge is -2.22. The maximum Gasteiger partial charge on any atom is 0.150 e. The van der Waals surface area contributed by atoms with Gasteiger partial charge in [0, 0.05) is 20.1 Å². The van der Waals surface area contributed by atoms with Crippen LogP contribution in [0.3, 0.4) is 0 Å². The van der Waals surface area contributed by atoms with Crippen LogP contribution in [-0.2, 0) is 24.1 Å². The Morgan fingerprint density at radius 1 is 1.60 bits per heavy atom. The van der Waals surface area contributed by atoms with Crippen LogP contribution in [-0.4, -0.2) is 23.3 Å². The largest absolute Gasteiger partial charge is 0.384 e. The third-order valence-corrected chi connectivity index (χ3v) is 3.30. The van der Waals surface area contributed by atoms with Gasteiger partial charge < -0.3 is 9.30 Å². The standard InChI is InChI=1S/C11H17ClN2O/c1-8-3-4-9-11(12)13-10(5-6-15-2)14(9)7-8/h8H,3-7H2,1-2H3. The van der Waals surface area contributed by atoms with Crippen molar-refractivity contribution in [1.29, 1.82) is 0 Å². The highest BCUT2D eigenvalue weighted by atomic mass is 35.5. The van der Waals surface area contributed by atoms with Crippen LogP contribution in [0.5, 0.6) is 0 Å². The van der Waals surface area contributed by atoms with Gasteiger partial charge in [-0.3, -0.25) is 0 Å². The summed E-state index contributed by atoms with van der Waals surface area (Å²) in [5, 5.41) is 0.688. The molecule has 0 saturated carbocycles. The second-order valence-electron chi connectivity index (χ2n) is 4.26. The van der Waals surface area contributed by atoms with Crippen molar-refractivity contribution in [3.8, 4) is 0 Å². The molecule has 0 aliphatic carbocycles. The van der Waals surface area contributed by atoms with Crippen molar-refractivity contribution >= 4 is 11.6 Å². The molecule has 2 rings (SSSR count). The highest BCUT2D eigenvalue weighted by molar-refractivity contribution is 6.30. The molecule has 1 unspecified atom stereocenters. The summed E-state index contributed by atoms with van der Waals surface area (Å²) in [6.07, 6.45) is 3.12. The fraction of sp³-hybridized carbons (Fsp3) is 0.727. The third-order valence-electron chi connectivity index (χ3n) is 3.00. The molecule has 0 aromatic carbocycles. The molecule has 0 spiro atoms. The average molecular weight is 229 g/mol. The number of rotatable bonds is 3. The van der Waals surface area contributed by atoms with E-state index in [9.17, 15) is 0 Å². The minimum Gasteiger partial charge on any atom is -0.384 e. The Morgan fingerprint density at radius 2 is 2.40 bits per heavy atom. The van der Waals surface area contributed by atoms with Crippen molar-refractivity contribution in [2.24, 2.45) is 5.92 Å². The van der Waals surface area contributed by atoms with Gasteiger partial charge in [0.1, 0.15) is 5.82 Å². The number of halogens is 1. The van der Waals surface area contributed by atoms with Crippen molar-refractivity contribution in [3.63, 3.8) is 0 Å². The predicted octanol–water partition coefficient (Wildman–Crippen LogP) is 2.31. The monoisotopic (exact) mass is 228 g/mol. The summed E-state index contributed by atoms with van der Waals surface area (Å²) in [5.74, 6) is 1.80. The van der Waals surface area contributed by atoms with Crippen molar-refractivity contribution in [2.75, 3.05) is 13.7 Å². The Kier molecular flexibility index (Phi) is 3.32. The Bertz CT molecular complexity index is 349. The molecule has 15 heavy (non-hydrogen) atoms. The Labute approximate surface area is 95.4 Å². The Morgan fingerprint density at radius 3 is 3.13 bits per heavy atom. The van der Waals surface area contributed by atoms with E-state index in [0.717, 1.165) is 31.1 Å². The zero-order valence-corrected chi connectivity index (χ0v) is 10.0. The second kappa shape index (κ2) is 4.54. The topological polar surface area (TPSA) is 27.1 Å². The van der Waals surface area contributed by atoms with E-state index in [1.807, 2.05) is 0 Å². The third kappa shape index (κ3) is 2.18. The summed E-state index contributed by atoms with van der Waals surface area (Å²) in [7, 11) is 1.71. The molecule has 0 amide bonds. The maximum absolute atomic E-state index is 6.12. The van der Waals surface area contributed by atoms with E-state index in [2.05, 4.69) is 16.5 Å². The summed E-state index contributed by atoms with van der Waals surface area (Å²) < 4.78 is 7.35. The molecule has 1 aliphatic rings. The van der Waals surface area contributed by atoms with Gasteiger partial charge in [-0.1, -0.05) is 18.5 Å². The molecule has 2 heterocycles. The summed E-state index contributed by atoms with van der Waals surface area (Å²) in [4.78, 5) is 4.41. The zero-order chi connectivity index (χ0) is 10.8. The molecular formula is C11H17ClN2O. The van der Waals surface area contributed by atoms with Crippen LogP contribution in [0.1, 0.15) is 24.9 Å². The molecule has 0 N–H and O–H groups in total. The molecule has 84 valence electrons. The van der Waals surface area contributed by atoms with Gasteiger partial charge in [0.25, 0.3) is 0 Å². The summed E-state index contributed by atoms with van der Waals surface area (Å²) >= 11 is 6.12. The number of methoxy groups -OCH3 is 1. The summed E-state index contributed by atoms with van der Waals surface area (Å²) in [5.41, 5.74) is 1.21. The molecule has 0 saturated heterocycles. The molecule has 1 aromatic rings. The number of aromatic nitrogens is 2. The summed E-state index contributed by atoms with van der Waals surface area (Å²) in [6, 6.07) is 0. The molecule has 1 aliphatic heterocycles. The Hall–Kier alpha value is -0.540. The van der Waals surface area contributed by atoms with Gasteiger partial charge in [-0.2, -0.15) is 0 Å². The molecule has 0 fully saturated rings. The van der Waals surface area contributed by atoms with Crippen LogP contribution in [0.15, 0.2) is 0 Å². The fourth-order valence-electron chi connectivity index (χ4n) is 2.13. The smallest absolute Gasteiger partial charge is 0.150 e. The van der Waals surface area contributed by atoms with Gasteiger partial charge in [0.05, 0.1) is 12.3 Å². The van der Waals surface area contributed by atoms with Crippen LogP contribution in [0.4, 0.5) is 0 Å². The van der Waals surface area contributed by atoms with Crippen LogP contribution < -0.4 is 0 Å². The number of ether oxygens (including phenoxy) is 1. The van der Waals surface area contributed by atoms with Gasteiger partial charge in [0.15, 0.2) is 5.15 Å². The summed E-state index contributed by atoms with van der Waals surface area (Å²) in [6.45, 7) is 4.03. The second-order valence-corrected chi connectivity index (χ2v) is 4.62. The van der Waals surface area contributed by atoms with Crippen molar-refractivity contribution in [3.05, 3.63) is 16.7 Å². The number of imidazole rings is 1. The molecular weight excluding hydrogens is 212 g/mol. The number of hydrogen-bond acceptors (Lipinski definition) is 2. The lowest BCUT2D eigenvalue weighted by atomic mass is 10.0. The van der Waals surface area contributed by atoms with Crippen LogP contribution in [0.25, 0.3) is 0 Å². The van der Waals surface area contributed by atoms with Crippen LogP contribution in [0.2, 0.25) is 5.15 Å². The van der Waals surface area contributed by atoms with Crippen LogP contribution >= 0.6 is 11.6 Å². The number of nitrogens with zero attached hydrogens (tertiary/aromatic N) is 2. The van der Waals surface area contributed by atoms with Gasteiger partial charge in [-0.25, -0.2) is 4.98 Å². The predicted molar refractivity (Wildman–Crippen MR) is 60.3 cm³/mol. The molecule has 0 bridgehead atoms. The highest BCUT2D eigenvalue weighted by Gasteiger charge is 2.21. The van der Waals surface area contributed by atoms with E-state index in [0.29, 0.717) is 11.8 Å². The van der Waals surface area contributed by atoms with Gasteiger partial charge in [0.2, 0.25) is 0 Å². The van der Waals surface area contributed by atoms with Crippen molar-refractivity contribution in [2.45, 2.75) is 32.7 Å². The van der Waals surface area contributed by atoms with Gasteiger partial charge in [-0.05, 0) is 18.8 Å². The quantitative estimate of drug-likeness (QED) is 0.794. The van der Waals surface area contributed by atoms with E-state index >= 15 is 0 Å². The normalized spacial score (nSPS) is 20.3. The SMILES string of the molecule is COCCc1nc(Cl)c2n1CC(C)CC2. The van der Waals surface area contributed by atoms with Crippen LogP contribution in [0, 0.1) is 5.92 Å². The van der Waals surface area contributed by atoms with E-state index < -0.39 is 0 Å². The minimum absolute atomic E-state index is 0.688. The molecule has 3 nitrogen and oxygen atoms in total. The number of hydrogen-bond donors (Lipinski definition) is 0. The first-order valence-corrected chi connectivity index (χ1v) is 5.83. The Balaban J connectivity index is 2.24. The van der Waals surface area contributed by atoms with Crippen molar-refractivity contribution in [1.82, 2.24) is 9.55 Å². The maximum atomic E-state index is 6.12. The molecule has 1 atom stereocenters. The molecule has 4 heteroatoms. The first-order chi connectivity index (χ1) is 7.22. The van der Waals surface area contributed by atoms with Crippen molar-refractivity contribution < 1.29 is 4.74 Å². The number of fused-ring (bicyclic) bond motifs is 1. The lowest BCUT2D eigenvalue weighted by molar-refractivity contribution is 0.198. The average Bonchev–Trinajstić information content (AvgIpc) is 2.52. The first-order valence-electron chi connectivity index (χ1n) is 5.45. The first kappa shape index (κ1) is 11.0.